The molecule has 0 fully saturated rings. The number of hydrogen-bond acceptors (Lipinski definition) is 6. The first kappa shape index (κ1) is 66.8. The van der Waals surface area contributed by atoms with E-state index < -0.39 is 6.10 Å². The Bertz CT molecular complexity index is 1500. The lowest BCUT2D eigenvalue weighted by Crippen LogP contribution is -2.30. The van der Waals surface area contributed by atoms with E-state index >= 15 is 0 Å². The van der Waals surface area contributed by atoms with Gasteiger partial charge in [-0.25, -0.2) is 0 Å². The highest BCUT2D eigenvalue weighted by Crippen LogP contribution is 2.14. The second kappa shape index (κ2) is 58.4. The van der Waals surface area contributed by atoms with Crippen molar-refractivity contribution in [2.24, 2.45) is 0 Å². The normalized spacial score (nSPS) is 13.0. The van der Waals surface area contributed by atoms with Gasteiger partial charge in [0.1, 0.15) is 13.2 Å². The Labute approximate surface area is 437 Å². The molecule has 1 unspecified atom stereocenters. The summed E-state index contributed by atoms with van der Waals surface area (Å²) in [6.07, 6.45) is 80.4. The number of ether oxygens (including phenoxy) is 3. The van der Waals surface area contributed by atoms with Gasteiger partial charge in [-0.05, 0) is 128 Å². The zero-order valence-electron chi connectivity index (χ0n) is 45.9. The van der Waals surface area contributed by atoms with Gasteiger partial charge in [0.2, 0.25) is 0 Å². The Hall–Kier alpha value is -4.19. The molecule has 0 aliphatic rings. The molecule has 0 radical (unpaired) electrons. The molecule has 71 heavy (non-hydrogen) atoms. The van der Waals surface area contributed by atoms with Crippen LogP contribution in [-0.2, 0) is 28.6 Å². The number of esters is 3. The smallest absolute Gasteiger partial charge is 0.306 e. The fourth-order valence-electron chi connectivity index (χ4n) is 7.63. The van der Waals surface area contributed by atoms with Gasteiger partial charge < -0.3 is 14.2 Å². The van der Waals surface area contributed by atoms with E-state index in [2.05, 4.69) is 142 Å². The number of unbranched alkanes of at least 4 members (excludes halogenated alkanes) is 20. The molecule has 0 aromatic heterocycles. The van der Waals surface area contributed by atoms with Crippen LogP contribution in [0.25, 0.3) is 0 Å². The minimum Gasteiger partial charge on any atom is -0.462 e. The average molecular weight is 984 g/mol. The number of carbonyl (C=O) groups excluding carboxylic acids is 3. The Morgan fingerprint density at radius 1 is 0.296 bits per heavy atom. The Kier molecular flexibility index (Phi) is 54.9. The Morgan fingerprint density at radius 3 is 0.873 bits per heavy atom. The fourth-order valence-corrected chi connectivity index (χ4v) is 7.63. The quantitative estimate of drug-likeness (QED) is 0.0261. The molecule has 0 aromatic carbocycles. The van der Waals surface area contributed by atoms with Gasteiger partial charge in [0.25, 0.3) is 0 Å². The van der Waals surface area contributed by atoms with Crippen molar-refractivity contribution < 1.29 is 28.6 Å². The highest BCUT2D eigenvalue weighted by molar-refractivity contribution is 5.71. The lowest BCUT2D eigenvalue weighted by molar-refractivity contribution is -0.167. The van der Waals surface area contributed by atoms with Gasteiger partial charge in [-0.2, -0.15) is 0 Å². The second-order valence-corrected chi connectivity index (χ2v) is 18.8. The lowest BCUT2D eigenvalue weighted by atomic mass is 10.1. The summed E-state index contributed by atoms with van der Waals surface area (Å²) in [5.41, 5.74) is 0. The Morgan fingerprint density at radius 2 is 0.549 bits per heavy atom. The molecule has 1 atom stereocenters. The largest absolute Gasteiger partial charge is 0.462 e. The zero-order valence-corrected chi connectivity index (χ0v) is 45.9. The monoisotopic (exact) mass is 983 g/mol. The fraction of sp³-hybridized carbons (Fsp3) is 0.646. The average Bonchev–Trinajstić information content (AvgIpc) is 3.37. The maximum Gasteiger partial charge on any atom is 0.306 e. The van der Waals surface area contributed by atoms with Crippen LogP contribution in [0.4, 0.5) is 0 Å². The highest BCUT2D eigenvalue weighted by Gasteiger charge is 2.19. The van der Waals surface area contributed by atoms with E-state index in [1.165, 1.54) is 51.4 Å². The summed E-state index contributed by atoms with van der Waals surface area (Å²) >= 11 is 0. The molecule has 0 spiro atoms. The first-order chi connectivity index (χ1) is 35.0. The minimum atomic E-state index is -0.807. The number of carbonyl (C=O) groups is 3. The molecule has 0 aliphatic carbocycles. The SMILES string of the molecule is CC/C=C\C/C=C\C/C=C\C/C=C\C/C=C\CCCCCCCC(=O)OCC(COC(=O)CCCCCCC/C=C\CCCCCCCC)OC(=O)CCCCCC/C=C\C/C=C\C/C=C\C/C=C\CC. The molecule has 0 aromatic rings. The topological polar surface area (TPSA) is 78.9 Å². The lowest BCUT2D eigenvalue weighted by Gasteiger charge is -2.18. The van der Waals surface area contributed by atoms with E-state index in [0.29, 0.717) is 19.3 Å². The van der Waals surface area contributed by atoms with E-state index in [4.69, 9.17) is 14.2 Å². The maximum absolute atomic E-state index is 12.9. The number of hydrogen-bond donors (Lipinski definition) is 0. The van der Waals surface area contributed by atoms with Crippen LogP contribution in [-0.4, -0.2) is 37.2 Å². The predicted molar refractivity (Wildman–Crippen MR) is 306 cm³/mol. The Balaban J connectivity index is 4.49. The minimum absolute atomic E-state index is 0.102. The van der Waals surface area contributed by atoms with E-state index in [1.807, 2.05) is 0 Å². The highest BCUT2D eigenvalue weighted by atomic mass is 16.6. The van der Waals surface area contributed by atoms with Crippen LogP contribution in [0, 0.1) is 0 Å². The van der Waals surface area contributed by atoms with Crippen molar-refractivity contribution in [2.45, 2.75) is 258 Å². The summed E-state index contributed by atoms with van der Waals surface area (Å²) in [7, 11) is 0. The molecular formula is C65H106O6. The summed E-state index contributed by atoms with van der Waals surface area (Å²) in [4.78, 5) is 38.2. The summed E-state index contributed by atoms with van der Waals surface area (Å²) in [6, 6.07) is 0. The van der Waals surface area contributed by atoms with Crippen molar-refractivity contribution in [2.75, 3.05) is 13.2 Å². The standard InChI is InChI=1S/C65H106O6/c1-4-7-10-13-16-19-22-25-28-30-31-32-33-35-37-40-43-46-49-52-55-58-64(67)70-61-62(60-69-63(66)57-54-51-48-45-42-39-36-27-24-21-18-15-12-9-6-3)71-65(68)59-56-53-50-47-44-41-38-34-29-26-23-20-17-14-11-8-5-2/h7-8,10-11,16-17,19-20,25-29,31-32,35-38,41,62H,4-6,9,12-15,18,21-24,30,33-34,39-40,42-61H2,1-3H3/b10-7-,11-8-,19-16-,20-17-,28-25-,29-26-,32-31-,36-27-,37-35-,41-38-. The van der Waals surface area contributed by atoms with Gasteiger partial charge >= 0.3 is 17.9 Å². The van der Waals surface area contributed by atoms with Gasteiger partial charge in [0.15, 0.2) is 6.10 Å². The van der Waals surface area contributed by atoms with Crippen molar-refractivity contribution in [1.29, 1.82) is 0 Å². The second-order valence-electron chi connectivity index (χ2n) is 18.8. The van der Waals surface area contributed by atoms with E-state index in [-0.39, 0.29) is 31.1 Å². The maximum atomic E-state index is 12.9. The zero-order chi connectivity index (χ0) is 51.4. The van der Waals surface area contributed by atoms with Crippen LogP contribution < -0.4 is 0 Å². The molecule has 0 saturated heterocycles. The van der Waals surface area contributed by atoms with Gasteiger partial charge in [0.05, 0.1) is 0 Å². The van der Waals surface area contributed by atoms with Crippen LogP contribution in [0.15, 0.2) is 122 Å². The van der Waals surface area contributed by atoms with E-state index in [9.17, 15) is 14.4 Å². The van der Waals surface area contributed by atoms with E-state index in [1.54, 1.807) is 0 Å². The van der Waals surface area contributed by atoms with Crippen LogP contribution in [0.2, 0.25) is 0 Å². The van der Waals surface area contributed by atoms with Gasteiger partial charge in [-0.1, -0.05) is 226 Å². The third-order valence-electron chi connectivity index (χ3n) is 11.9. The van der Waals surface area contributed by atoms with E-state index in [0.717, 1.165) is 161 Å². The number of allylic oxidation sites excluding steroid dienone is 20. The van der Waals surface area contributed by atoms with Crippen molar-refractivity contribution in [3.63, 3.8) is 0 Å². The molecule has 0 bridgehead atoms. The van der Waals surface area contributed by atoms with Crippen molar-refractivity contribution >= 4 is 17.9 Å². The molecular weight excluding hydrogens is 877 g/mol. The van der Waals surface area contributed by atoms with Crippen molar-refractivity contribution in [3.05, 3.63) is 122 Å². The van der Waals surface area contributed by atoms with Crippen LogP contribution in [0.1, 0.15) is 252 Å². The number of rotatable bonds is 51. The van der Waals surface area contributed by atoms with Crippen molar-refractivity contribution in [1.82, 2.24) is 0 Å². The van der Waals surface area contributed by atoms with Gasteiger partial charge in [0, 0.05) is 19.3 Å². The predicted octanol–water partition coefficient (Wildman–Crippen LogP) is 19.6. The summed E-state index contributed by atoms with van der Waals surface area (Å²) in [5.74, 6) is -0.954. The molecule has 0 amide bonds. The first-order valence-corrected chi connectivity index (χ1v) is 29.0. The molecule has 0 rings (SSSR count). The molecule has 402 valence electrons. The first-order valence-electron chi connectivity index (χ1n) is 29.0. The van der Waals surface area contributed by atoms with Gasteiger partial charge in [-0.15, -0.1) is 0 Å². The van der Waals surface area contributed by atoms with Crippen LogP contribution in [0.3, 0.4) is 0 Å². The summed E-state index contributed by atoms with van der Waals surface area (Å²) in [5, 5.41) is 0. The van der Waals surface area contributed by atoms with Crippen molar-refractivity contribution in [3.8, 4) is 0 Å². The molecule has 0 aliphatic heterocycles. The summed E-state index contributed by atoms with van der Waals surface area (Å²) in [6.45, 7) is 6.36. The third-order valence-corrected chi connectivity index (χ3v) is 11.9. The van der Waals surface area contributed by atoms with Crippen LogP contribution >= 0.6 is 0 Å². The molecule has 6 nitrogen and oxygen atoms in total. The summed E-state index contributed by atoms with van der Waals surface area (Å²) < 4.78 is 16.8. The molecule has 0 N–H and O–H groups in total. The van der Waals surface area contributed by atoms with Gasteiger partial charge in [-0.3, -0.25) is 14.4 Å². The molecule has 0 heterocycles. The molecule has 6 heteroatoms. The molecule has 0 saturated carbocycles. The third kappa shape index (κ3) is 56.6. The van der Waals surface area contributed by atoms with Crippen LogP contribution in [0.5, 0.6) is 0 Å².